The Bertz CT molecular complexity index is 547. The van der Waals surface area contributed by atoms with E-state index in [4.69, 9.17) is 0 Å². The number of hydrogen-bond acceptors (Lipinski definition) is 4. The van der Waals surface area contributed by atoms with Crippen molar-refractivity contribution in [2.45, 2.75) is 76.9 Å². The highest BCUT2D eigenvalue weighted by Gasteiger charge is 2.26. The molecule has 1 heterocycles. The molecule has 6 heteroatoms. The second-order valence-electron chi connectivity index (χ2n) is 5.98. The van der Waals surface area contributed by atoms with Crippen LogP contribution < -0.4 is 5.56 Å². The molecule has 1 rings (SSSR count). The van der Waals surface area contributed by atoms with Gasteiger partial charge in [-0.1, -0.05) is 25.1 Å². The third-order valence-electron chi connectivity index (χ3n) is 3.28. The average Bonchev–Trinajstić information content (AvgIpc) is 2.37. The molecule has 5 nitrogen and oxygen atoms in total. The number of hydrogen-bond donors (Lipinski definition) is 1. The van der Waals surface area contributed by atoms with Crippen LogP contribution in [-0.2, 0) is 11.2 Å². The first-order chi connectivity index (χ1) is 10.3. The molecule has 0 radical (unpaired) electrons. The molecule has 0 aromatic carbocycles. The van der Waals surface area contributed by atoms with Gasteiger partial charge >= 0.3 is 0 Å². The van der Waals surface area contributed by atoms with E-state index in [0.717, 1.165) is 18.5 Å². The zero-order valence-corrected chi connectivity index (χ0v) is 15.2. The van der Waals surface area contributed by atoms with Crippen molar-refractivity contribution in [2.24, 2.45) is 0 Å². The Morgan fingerprint density at radius 1 is 1.27 bits per heavy atom. The molecule has 1 amide bonds. The van der Waals surface area contributed by atoms with Gasteiger partial charge in [-0.25, -0.2) is 4.98 Å². The highest BCUT2D eigenvalue weighted by Crippen LogP contribution is 2.22. The molecule has 124 valence electrons. The van der Waals surface area contributed by atoms with Gasteiger partial charge < -0.3 is 9.88 Å². The van der Waals surface area contributed by atoms with E-state index in [0.29, 0.717) is 5.16 Å². The summed E-state index contributed by atoms with van der Waals surface area (Å²) < 4.78 is 0. The first-order valence-corrected chi connectivity index (χ1v) is 8.73. The SMILES string of the molecule is CCCc1cc(=O)[nH]c(SC(C)C(=O)N(C(C)C)C(C)C)n1. The lowest BCUT2D eigenvalue weighted by Crippen LogP contribution is -2.45. The molecule has 0 spiro atoms. The number of rotatable bonds is 7. The molecule has 0 fully saturated rings. The number of nitrogens with one attached hydrogen (secondary N) is 1. The zero-order valence-electron chi connectivity index (χ0n) is 14.3. The van der Waals surface area contributed by atoms with Crippen LogP contribution in [0.4, 0.5) is 0 Å². The number of carbonyl (C=O) groups excluding carboxylic acids is 1. The summed E-state index contributed by atoms with van der Waals surface area (Å²) in [5, 5.41) is 0.231. The van der Waals surface area contributed by atoms with Crippen molar-refractivity contribution in [1.29, 1.82) is 0 Å². The van der Waals surface area contributed by atoms with Crippen LogP contribution in [0.3, 0.4) is 0 Å². The fraction of sp³-hybridized carbons (Fsp3) is 0.688. The second-order valence-corrected chi connectivity index (χ2v) is 7.31. The second kappa shape index (κ2) is 8.36. The lowest BCUT2D eigenvalue weighted by Gasteiger charge is -2.32. The number of nitrogens with zero attached hydrogens (tertiary/aromatic N) is 2. The number of carbonyl (C=O) groups is 1. The summed E-state index contributed by atoms with van der Waals surface area (Å²) in [6.07, 6.45) is 1.70. The van der Waals surface area contributed by atoms with Gasteiger partial charge in [0, 0.05) is 23.8 Å². The Morgan fingerprint density at radius 2 is 1.86 bits per heavy atom. The highest BCUT2D eigenvalue weighted by atomic mass is 32.2. The first kappa shape index (κ1) is 18.7. The summed E-state index contributed by atoms with van der Waals surface area (Å²) in [5.41, 5.74) is 0.614. The van der Waals surface area contributed by atoms with Gasteiger partial charge in [-0.2, -0.15) is 0 Å². The third-order valence-corrected chi connectivity index (χ3v) is 4.25. The van der Waals surface area contributed by atoms with Crippen molar-refractivity contribution in [2.75, 3.05) is 0 Å². The van der Waals surface area contributed by atoms with Crippen molar-refractivity contribution in [3.8, 4) is 0 Å². The molecule has 0 aliphatic carbocycles. The van der Waals surface area contributed by atoms with Crippen LogP contribution in [0.25, 0.3) is 0 Å². The monoisotopic (exact) mass is 325 g/mol. The normalized spacial score (nSPS) is 12.7. The number of thioether (sulfide) groups is 1. The Hall–Kier alpha value is -1.30. The van der Waals surface area contributed by atoms with Crippen molar-refractivity contribution >= 4 is 17.7 Å². The summed E-state index contributed by atoms with van der Waals surface area (Å²) in [5.74, 6) is 0.0681. The molecule has 1 N–H and O–H groups in total. The standard InChI is InChI=1S/C16H27N3O2S/c1-7-8-13-9-14(20)18-16(17-13)22-12(6)15(21)19(10(2)3)11(4)5/h9-12H,7-8H2,1-6H3,(H,17,18,20). The predicted octanol–water partition coefficient (Wildman–Crippen LogP) is 2.85. The molecule has 1 atom stereocenters. The summed E-state index contributed by atoms with van der Waals surface area (Å²) in [6.45, 7) is 11.9. The van der Waals surface area contributed by atoms with Gasteiger partial charge in [0.1, 0.15) is 0 Å². The molecule has 0 saturated carbocycles. The van der Waals surface area contributed by atoms with Gasteiger partial charge in [0.05, 0.1) is 5.25 Å². The van der Waals surface area contributed by atoms with Crippen LogP contribution in [0.15, 0.2) is 16.0 Å². The predicted molar refractivity (Wildman–Crippen MR) is 91.3 cm³/mol. The Morgan fingerprint density at radius 3 is 2.36 bits per heavy atom. The van der Waals surface area contributed by atoms with E-state index in [1.807, 2.05) is 46.4 Å². The molecule has 1 aromatic rings. The van der Waals surface area contributed by atoms with Crippen LogP contribution in [0.5, 0.6) is 0 Å². The van der Waals surface area contributed by atoms with E-state index < -0.39 is 0 Å². The van der Waals surface area contributed by atoms with Gasteiger partial charge in [0.2, 0.25) is 5.91 Å². The summed E-state index contributed by atoms with van der Waals surface area (Å²) >= 11 is 1.31. The fourth-order valence-corrected chi connectivity index (χ4v) is 3.34. The Kier molecular flexibility index (Phi) is 7.13. The molecule has 0 bridgehead atoms. The number of H-pyrrole nitrogens is 1. The minimum Gasteiger partial charge on any atom is -0.337 e. The van der Waals surface area contributed by atoms with Crippen molar-refractivity contribution in [1.82, 2.24) is 14.9 Å². The summed E-state index contributed by atoms with van der Waals surface area (Å²) in [7, 11) is 0. The van der Waals surface area contributed by atoms with Crippen LogP contribution in [0, 0.1) is 0 Å². The van der Waals surface area contributed by atoms with Gasteiger partial charge in [-0.15, -0.1) is 0 Å². The van der Waals surface area contributed by atoms with Crippen molar-refractivity contribution in [3.05, 3.63) is 22.1 Å². The number of aromatic nitrogens is 2. The van der Waals surface area contributed by atoms with Crippen molar-refractivity contribution < 1.29 is 4.79 Å². The van der Waals surface area contributed by atoms with E-state index in [-0.39, 0.29) is 28.8 Å². The van der Waals surface area contributed by atoms with E-state index in [1.165, 1.54) is 17.8 Å². The quantitative estimate of drug-likeness (QED) is 0.618. The molecular weight excluding hydrogens is 298 g/mol. The maximum atomic E-state index is 12.6. The van der Waals surface area contributed by atoms with E-state index >= 15 is 0 Å². The highest BCUT2D eigenvalue weighted by molar-refractivity contribution is 8.00. The van der Waals surface area contributed by atoms with E-state index in [2.05, 4.69) is 9.97 Å². The van der Waals surface area contributed by atoms with Gasteiger partial charge in [-0.3, -0.25) is 9.59 Å². The topological polar surface area (TPSA) is 66.1 Å². The average molecular weight is 325 g/mol. The zero-order chi connectivity index (χ0) is 16.9. The Labute approximate surface area is 136 Å². The maximum absolute atomic E-state index is 12.6. The number of amides is 1. The maximum Gasteiger partial charge on any atom is 0.251 e. The molecular formula is C16H27N3O2S. The van der Waals surface area contributed by atoms with Gasteiger partial charge in [0.25, 0.3) is 5.56 Å². The molecule has 1 aromatic heterocycles. The molecule has 1 unspecified atom stereocenters. The van der Waals surface area contributed by atoms with E-state index in [9.17, 15) is 9.59 Å². The first-order valence-electron chi connectivity index (χ1n) is 7.85. The lowest BCUT2D eigenvalue weighted by molar-refractivity contribution is -0.133. The van der Waals surface area contributed by atoms with Gasteiger partial charge in [0.15, 0.2) is 5.16 Å². The van der Waals surface area contributed by atoms with Gasteiger partial charge in [-0.05, 0) is 41.0 Å². The van der Waals surface area contributed by atoms with Crippen LogP contribution in [0.1, 0.15) is 53.7 Å². The number of aromatic amines is 1. The summed E-state index contributed by atoms with van der Waals surface area (Å²) in [6, 6.07) is 1.82. The molecule has 0 saturated heterocycles. The van der Waals surface area contributed by atoms with Crippen molar-refractivity contribution in [3.63, 3.8) is 0 Å². The molecule has 0 aliphatic rings. The number of aryl methyl sites for hydroxylation is 1. The summed E-state index contributed by atoms with van der Waals surface area (Å²) in [4.78, 5) is 33.3. The fourth-order valence-electron chi connectivity index (χ4n) is 2.46. The largest absolute Gasteiger partial charge is 0.337 e. The van der Waals surface area contributed by atoms with Crippen LogP contribution in [0.2, 0.25) is 0 Å². The minimum atomic E-state index is -0.287. The van der Waals surface area contributed by atoms with Crippen LogP contribution >= 0.6 is 11.8 Å². The Balaban J connectivity index is 2.89. The minimum absolute atomic E-state index is 0.0681. The van der Waals surface area contributed by atoms with Crippen LogP contribution in [-0.4, -0.2) is 38.1 Å². The lowest BCUT2D eigenvalue weighted by atomic mass is 10.2. The van der Waals surface area contributed by atoms with E-state index in [1.54, 1.807) is 0 Å². The smallest absolute Gasteiger partial charge is 0.251 e. The molecule has 22 heavy (non-hydrogen) atoms. The third kappa shape index (κ3) is 5.16. The molecule has 0 aliphatic heterocycles.